The molecular weight excluding hydrogens is 660 g/mol. The molecule has 0 unspecified atom stereocenters. The van der Waals surface area contributed by atoms with Gasteiger partial charge in [-0.15, -0.1) is 0 Å². The minimum absolute atomic E-state index is 0.0399. The molecule has 6 fully saturated rings. The zero-order valence-electron chi connectivity index (χ0n) is 30.8. The van der Waals surface area contributed by atoms with Gasteiger partial charge in [0.2, 0.25) is 5.91 Å². The Labute approximate surface area is 299 Å². The summed E-state index contributed by atoms with van der Waals surface area (Å²) in [6.45, 7) is 4.86. The molecular formula is C38H54N2O11. The first-order valence-electron chi connectivity index (χ1n) is 18.3. The zero-order chi connectivity index (χ0) is 36.7. The Morgan fingerprint density at radius 3 is 2.43 bits per heavy atom. The number of aliphatic hydroxyl groups is 2. The number of rotatable bonds is 12. The van der Waals surface area contributed by atoms with Gasteiger partial charge in [0.25, 0.3) is 0 Å². The summed E-state index contributed by atoms with van der Waals surface area (Å²) in [5.41, 5.74) is -4.08. The van der Waals surface area contributed by atoms with Crippen molar-refractivity contribution in [1.29, 1.82) is 0 Å². The van der Waals surface area contributed by atoms with Crippen LogP contribution in [0.4, 0.5) is 5.69 Å². The Balaban J connectivity index is 1.27. The lowest BCUT2D eigenvalue weighted by Gasteiger charge is -2.70. The molecule has 13 heteroatoms. The standard InChI is InChI=1S/C38H54N2O11/c1-8-40-18-35(19-51-33(43)21-11-9-10-12-24(21)39-32(42)20(2)15-27(41)48-5)14-13-26(47-4)37-23-16-22-25(46-3)17-36(44,28(23)29(22)49-6)38(45,34(37)40)31(50-7)30(35)37/h9-12,20,22-23,25-26,28-31,34,44-45H,8,13-19H2,1-7H3,(H,39,42)/t20-,22-,23-,25+,26+,28-,29+,30-,31+,34+,35+,36-,37+,38-/m1/s1. The van der Waals surface area contributed by atoms with E-state index in [-0.39, 0.29) is 72.7 Å². The van der Waals surface area contributed by atoms with Crippen molar-refractivity contribution in [3.05, 3.63) is 29.8 Å². The number of carbonyl (C=O) groups excluding carboxylic acids is 3. The number of fused-ring (bicyclic) bond motifs is 2. The van der Waals surface area contributed by atoms with Crippen LogP contribution in [0.15, 0.2) is 24.3 Å². The molecule has 1 aromatic carbocycles. The topological polar surface area (TPSA) is 162 Å². The molecule has 5 aliphatic carbocycles. The van der Waals surface area contributed by atoms with Crippen molar-refractivity contribution in [2.45, 2.75) is 87.6 Å². The zero-order valence-corrected chi connectivity index (χ0v) is 30.8. The highest BCUT2D eigenvalue weighted by molar-refractivity contribution is 6.02. The van der Waals surface area contributed by atoms with Crippen molar-refractivity contribution in [1.82, 2.24) is 4.90 Å². The molecule has 3 N–H and O–H groups in total. The number of nitrogens with one attached hydrogen (secondary N) is 1. The van der Waals surface area contributed by atoms with Crippen LogP contribution in [0.1, 0.15) is 56.3 Å². The number of esters is 2. The van der Waals surface area contributed by atoms with Crippen molar-refractivity contribution in [3.8, 4) is 0 Å². The Morgan fingerprint density at radius 1 is 1.04 bits per heavy atom. The van der Waals surface area contributed by atoms with Gasteiger partial charge in [0.1, 0.15) is 11.2 Å². The number of likely N-dealkylation sites (N-methyl/N-ethyl adjacent to an activating group) is 1. The average molecular weight is 715 g/mol. The lowest BCUT2D eigenvalue weighted by molar-refractivity contribution is -0.320. The fourth-order valence-corrected chi connectivity index (χ4v) is 12.7. The van der Waals surface area contributed by atoms with Crippen molar-refractivity contribution < 1.29 is 53.0 Å². The number of piperidine rings is 1. The Kier molecular flexibility index (Phi) is 9.38. The van der Waals surface area contributed by atoms with Crippen LogP contribution in [0.25, 0.3) is 0 Å². The lowest BCUT2D eigenvalue weighted by atomic mass is 9.42. The van der Waals surface area contributed by atoms with Crippen LogP contribution in [0.3, 0.4) is 0 Å². The van der Waals surface area contributed by atoms with Crippen LogP contribution >= 0.6 is 0 Å². The first-order valence-corrected chi connectivity index (χ1v) is 18.3. The van der Waals surface area contributed by atoms with E-state index in [1.165, 1.54) is 7.11 Å². The Bertz CT molecular complexity index is 1540. The van der Waals surface area contributed by atoms with E-state index in [1.54, 1.807) is 59.6 Å². The summed E-state index contributed by atoms with van der Waals surface area (Å²) >= 11 is 0. The number of amides is 1. The number of carbonyl (C=O) groups is 3. The third-order valence-electron chi connectivity index (χ3n) is 14.3. The van der Waals surface area contributed by atoms with E-state index >= 15 is 0 Å². The van der Waals surface area contributed by atoms with E-state index in [2.05, 4.69) is 17.1 Å². The predicted molar refractivity (Wildman–Crippen MR) is 183 cm³/mol. The molecule has 282 valence electrons. The van der Waals surface area contributed by atoms with Crippen molar-refractivity contribution in [2.75, 3.05) is 60.6 Å². The molecule has 5 saturated carbocycles. The Hall–Kier alpha value is -2.65. The molecule has 7 rings (SSSR count). The summed E-state index contributed by atoms with van der Waals surface area (Å²) in [5, 5.41) is 29.4. The summed E-state index contributed by atoms with van der Waals surface area (Å²) < 4.78 is 36.1. The van der Waals surface area contributed by atoms with Crippen LogP contribution in [0.2, 0.25) is 0 Å². The van der Waals surface area contributed by atoms with Gasteiger partial charge in [0.15, 0.2) is 0 Å². The number of anilines is 1. The van der Waals surface area contributed by atoms with Gasteiger partial charge in [-0.25, -0.2) is 4.79 Å². The molecule has 14 atom stereocenters. The number of benzene rings is 1. The van der Waals surface area contributed by atoms with Gasteiger partial charge < -0.3 is 44.0 Å². The average Bonchev–Trinajstić information content (AvgIpc) is 3.55. The maximum Gasteiger partial charge on any atom is 0.340 e. The summed E-state index contributed by atoms with van der Waals surface area (Å²) in [5.74, 6) is -2.92. The summed E-state index contributed by atoms with van der Waals surface area (Å²) in [7, 11) is 7.96. The van der Waals surface area contributed by atoms with Crippen molar-refractivity contribution >= 4 is 23.5 Å². The predicted octanol–water partition coefficient (Wildman–Crippen LogP) is 2.27. The molecule has 0 radical (unpaired) electrons. The molecule has 1 saturated heterocycles. The molecule has 1 aliphatic heterocycles. The molecule has 1 spiro atoms. The van der Waals surface area contributed by atoms with Crippen molar-refractivity contribution in [2.24, 2.45) is 40.4 Å². The number of methoxy groups -OCH3 is 5. The smallest absolute Gasteiger partial charge is 0.340 e. The Morgan fingerprint density at radius 2 is 1.78 bits per heavy atom. The second-order valence-electron chi connectivity index (χ2n) is 16.0. The summed E-state index contributed by atoms with van der Waals surface area (Å²) in [4.78, 5) is 41.1. The van der Waals surface area contributed by atoms with E-state index in [1.807, 2.05) is 0 Å². The highest BCUT2D eigenvalue weighted by atomic mass is 16.5. The number of para-hydroxylation sites is 1. The third kappa shape index (κ3) is 4.74. The van der Waals surface area contributed by atoms with E-state index in [4.69, 9.17) is 28.4 Å². The fourth-order valence-electron chi connectivity index (χ4n) is 12.7. The van der Waals surface area contributed by atoms with Gasteiger partial charge >= 0.3 is 11.9 Å². The van der Waals surface area contributed by atoms with Crippen LogP contribution in [0.5, 0.6) is 0 Å². The normalized spacial score (nSPS) is 43.7. The highest BCUT2D eigenvalue weighted by Gasteiger charge is 2.91. The van der Waals surface area contributed by atoms with E-state index in [9.17, 15) is 24.6 Å². The lowest BCUT2D eigenvalue weighted by Crippen LogP contribution is -2.82. The molecule has 1 amide bonds. The van der Waals surface area contributed by atoms with Gasteiger partial charge in [0.05, 0.1) is 61.8 Å². The molecule has 6 aliphatic rings. The van der Waals surface area contributed by atoms with Gasteiger partial charge in [-0.05, 0) is 43.9 Å². The van der Waals surface area contributed by atoms with Crippen LogP contribution < -0.4 is 5.32 Å². The molecule has 1 heterocycles. The minimum atomic E-state index is -1.70. The fraction of sp³-hybridized carbons (Fsp3) is 0.763. The quantitative estimate of drug-likeness (QED) is 0.272. The molecule has 51 heavy (non-hydrogen) atoms. The number of likely N-dealkylation sites (tertiary alicyclic amines) is 1. The highest BCUT2D eigenvalue weighted by Crippen LogP contribution is 2.80. The third-order valence-corrected chi connectivity index (χ3v) is 14.3. The monoisotopic (exact) mass is 714 g/mol. The van der Waals surface area contributed by atoms with Gasteiger partial charge in [0, 0.05) is 75.9 Å². The molecule has 7 bridgehead atoms. The summed E-state index contributed by atoms with van der Waals surface area (Å²) in [6.07, 6.45) is 0.611. The van der Waals surface area contributed by atoms with Crippen LogP contribution in [-0.4, -0.2) is 130 Å². The van der Waals surface area contributed by atoms with Crippen LogP contribution in [0, 0.1) is 40.4 Å². The van der Waals surface area contributed by atoms with E-state index in [0.717, 1.165) is 6.42 Å². The van der Waals surface area contributed by atoms with Gasteiger partial charge in [-0.2, -0.15) is 0 Å². The first kappa shape index (κ1) is 36.7. The maximum absolute atomic E-state index is 14.0. The first-order chi connectivity index (χ1) is 24.4. The van der Waals surface area contributed by atoms with E-state index in [0.29, 0.717) is 25.9 Å². The van der Waals surface area contributed by atoms with Crippen molar-refractivity contribution in [3.63, 3.8) is 0 Å². The second kappa shape index (κ2) is 13.0. The molecule has 13 nitrogen and oxygen atoms in total. The van der Waals surface area contributed by atoms with Crippen LogP contribution in [-0.2, 0) is 38.0 Å². The maximum atomic E-state index is 14.0. The van der Waals surface area contributed by atoms with Gasteiger partial charge in [-0.1, -0.05) is 26.0 Å². The largest absolute Gasteiger partial charge is 0.469 e. The molecule has 0 aromatic heterocycles. The van der Waals surface area contributed by atoms with E-state index < -0.39 is 57.9 Å². The van der Waals surface area contributed by atoms with Gasteiger partial charge in [-0.3, -0.25) is 14.5 Å². The SMILES string of the molecule is CCN1C[C@]2(COC(=O)c3ccccc3NC(=O)[C@H](C)CC(=O)OC)CC[C@H](OC)[C@@]34[C@@H]5C[C@H]6[C@H](OC)[C@@H]5[C@](O)(C[C@@H]6OC)[C@@](O)([C@@H](OC)[C@H]23)[C@@H]14. The minimum Gasteiger partial charge on any atom is -0.469 e. The molecule has 1 aromatic rings. The second-order valence-corrected chi connectivity index (χ2v) is 16.0. The number of nitrogens with zero attached hydrogens (tertiary/aromatic N) is 1. The number of hydrogen-bond acceptors (Lipinski definition) is 12. The summed E-state index contributed by atoms with van der Waals surface area (Å²) in [6, 6.07) is 6.19. The number of hydrogen-bond donors (Lipinski definition) is 3. The number of ether oxygens (including phenoxy) is 6.